The van der Waals surface area contributed by atoms with Gasteiger partial charge in [0.25, 0.3) is 0 Å². The molecule has 0 aromatic carbocycles. The Morgan fingerprint density at radius 3 is 0.763 bits per heavy atom. The Morgan fingerprint density at radius 1 is 0.301 bits per heavy atom. The molecule has 0 bridgehead atoms. The summed E-state index contributed by atoms with van der Waals surface area (Å²) in [4.78, 5) is 72.7. The minimum absolute atomic E-state index is 0.105. The Labute approximate surface area is 568 Å². The minimum atomic E-state index is -4.95. The number of hydrogen-bond donors (Lipinski definition) is 3. The van der Waals surface area contributed by atoms with E-state index in [1.165, 1.54) is 167 Å². The predicted molar refractivity (Wildman–Crippen MR) is 377 cm³/mol. The lowest BCUT2D eigenvalue weighted by Gasteiger charge is -2.21. The number of rotatable bonds is 71. The van der Waals surface area contributed by atoms with Crippen molar-refractivity contribution >= 4 is 39.5 Å². The second kappa shape index (κ2) is 63.5. The molecule has 0 aliphatic rings. The quantitative estimate of drug-likeness (QED) is 0.0222. The van der Waals surface area contributed by atoms with Crippen LogP contribution in [-0.4, -0.2) is 96.7 Å². The number of esters is 4. The summed E-state index contributed by atoms with van der Waals surface area (Å²) in [5, 5.41) is 10.6. The lowest BCUT2D eigenvalue weighted by atomic mass is 9.99. The summed E-state index contributed by atoms with van der Waals surface area (Å²) < 4.78 is 68.4. The fourth-order valence-electron chi connectivity index (χ4n) is 11.2. The van der Waals surface area contributed by atoms with E-state index in [0.717, 1.165) is 114 Å². The normalized spacial score (nSPS) is 14.5. The molecule has 0 amide bonds. The Hall–Kier alpha value is -1.94. The zero-order chi connectivity index (χ0) is 68.9. The van der Waals surface area contributed by atoms with E-state index in [4.69, 9.17) is 37.0 Å². The van der Waals surface area contributed by atoms with Crippen molar-refractivity contribution in [2.24, 2.45) is 23.7 Å². The van der Waals surface area contributed by atoms with Gasteiger partial charge in [-0.05, 0) is 49.4 Å². The molecule has 0 saturated carbocycles. The summed E-state index contributed by atoms with van der Waals surface area (Å²) in [6.07, 6.45) is 47.2. The highest BCUT2D eigenvalue weighted by molar-refractivity contribution is 7.47. The van der Waals surface area contributed by atoms with Crippen LogP contribution in [0.4, 0.5) is 0 Å². The van der Waals surface area contributed by atoms with Crippen molar-refractivity contribution in [1.29, 1.82) is 0 Å². The Bertz CT molecular complexity index is 1840. The predicted octanol–water partition coefficient (Wildman–Crippen LogP) is 21.3. The van der Waals surface area contributed by atoms with Gasteiger partial charge in [0, 0.05) is 25.7 Å². The molecule has 3 N–H and O–H groups in total. The molecular weight excluding hydrogens is 1220 g/mol. The third kappa shape index (κ3) is 67.0. The van der Waals surface area contributed by atoms with Gasteiger partial charge in [-0.2, -0.15) is 0 Å². The first-order chi connectivity index (χ1) is 44.6. The van der Waals surface area contributed by atoms with Gasteiger partial charge in [-0.15, -0.1) is 0 Å². The van der Waals surface area contributed by atoms with Crippen LogP contribution < -0.4 is 0 Å². The van der Waals surface area contributed by atoms with E-state index in [9.17, 15) is 43.2 Å². The number of unbranched alkanes of at least 4 members (excludes halogenated alkanes) is 36. The van der Waals surface area contributed by atoms with Gasteiger partial charge in [0.1, 0.15) is 19.3 Å². The molecule has 19 heteroatoms. The monoisotopic (exact) mass is 1370 g/mol. The summed E-state index contributed by atoms with van der Waals surface area (Å²) in [6, 6.07) is 0. The van der Waals surface area contributed by atoms with Crippen molar-refractivity contribution in [3.8, 4) is 0 Å². The molecule has 0 spiro atoms. The molecule has 4 unspecified atom stereocenters. The van der Waals surface area contributed by atoms with Crippen molar-refractivity contribution in [2.75, 3.05) is 39.6 Å². The zero-order valence-corrected chi connectivity index (χ0v) is 62.7. The Morgan fingerprint density at radius 2 is 0.516 bits per heavy atom. The molecule has 0 aromatic rings. The average Bonchev–Trinajstić information content (AvgIpc) is 1.94. The van der Waals surface area contributed by atoms with Crippen LogP contribution in [-0.2, 0) is 65.4 Å². The summed E-state index contributed by atoms with van der Waals surface area (Å²) >= 11 is 0. The third-order valence-electron chi connectivity index (χ3n) is 17.4. The molecule has 17 nitrogen and oxygen atoms in total. The van der Waals surface area contributed by atoms with E-state index in [2.05, 4.69) is 55.4 Å². The number of hydrogen-bond acceptors (Lipinski definition) is 15. The van der Waals surface area contributed by atoms with Gasteiger partial charge in [0.05, 0.1) is 26.4 Å². The van der Waals surface area contributed by atoms with Crippen LogP contribution in [0.5, 0.6) is 0 Å². The van der Waals surface area contributed by atoms with Gasteiger partial charge < -0.3 is 33.8 Å². The maximum atomic E-state index is 13.0. The highest BCUT2D eigenvalue weighted by atomic mass is 31.2. The zero-order valence-electron chi connectivity index (χ0n) is 60.9. The van der Waals surface area contributed by atoms with E-state index in [0.29, 0.717) is 31.6 Å². The highest BCUT2D eigenvalue weighted by Crippen LogP contribution is 2.45. The van der Waals surface area contributed by atoms with Gasteiger partial charge >= 0.3 is 39.5 Å². The number of aliphatic hydroxyl groups is 1. The van der Waals surface area contributed by atoms with Crippen molar-refractivity contribution in [1.82, 2.24) is 0 Å². The topological polar surface area (TPSA) is 237 Å². The average molecular weight is 1370 g/mol. The maximum absolute atomic E-state index is 13.0. The van der Waals surface area contributed by atoms with E-state index in [1.807, 2.05) is 0 Å². The fourth-order valence-corrected chi connectivity index (χ4v) is 12.7. The summed E-state index contributed by atoms with van der Waals surface area (Å²) in [6.45, 7) is 14.2. The fraction of sp³-hybridized carbons (Fsp3) is 0.946. The van der Waals surface area contributed by atoms with Crippen LogP contribution in [0, 0.1) is 23.7 Å². The number of carbonyl (C=O) groups is 4. The molecular formula is C74H144O17P2. The minimum Gasteiger partial charge on any atom is -0.462 e. The second-order valence-electron chi connectivity index (χ2n) is 28.4. The van der Waals surface area contributed by atoms with Crippen molar-refractivity contribution < 1.29 is 80.2 Å². The first kappa shape index (κ1) is 91.1. The number of aliphatic hydroxyl groups excluding tert-OH is 1. The number of ether oxygens (including phenoxy) is 4. The largest absolute Gasteiger partial charge is 0.472 e. The van der Waals surface area contributed by atoms with Crippen LogP contribution in [0.25, 0.3) is 0 Å². The maximum Gasteiger partial charge on any atom is 0.472 e. The SMILES string of the molecule is CCC(C)CCCCCCCCCCCCC(=O)OC[C@H](COP(=O)(O)OCC(O)COP(=O)(O)OC[C@@H](COC(=O)CCCCCCCCCC(C)C)OC(=O)CCCCCCCCCCCCCCCCC(C)C)OC(=O)CCCCCCCCCCCC(C)C. The summed E-state index contributed by atoms with van der Waals surface area (Å²) in [7, 11) is -9.91. The molecule has 0 aromatic heterocycles. The van der Waals surface area contributed by atoms with E-state index in [-0.39, 0.29) is 25.7 Å². The number of carbonyl (C=O) groups excluding carboxylic acids is 4. The van der Waals surface area contributed by atoms with Crippen LogP contribution in [0.2, 0.25) is 0 Å². The lowest BCUT2D eigenvalue weighted by molar-refractivity contribution is -0.161. The molecule has 0 saturated heterocycles. The van der Waals surface area contributed by atoms with E-state index in [1.54, 1.807) is 0 Å². The van der Waals surface area contributed by atoms with Gasteiger partial charge in [-0.25, -0.2) is 9.13 Å². The number of phosphoric ester groups is 2. The molecule has 0 fully saturated rings. The standard InChI is InChI=1S/C74H144O17P2/c1-9-67(8)53-45-37-29-21-16-17-22-30-38-46-54-71(76)84-60-69(91-74(79)57-49-41-32-24-18-20-27-35-43-51-65(4)5)62-88-92(80,81)86-58-68(75)59-87-93(82,83)89-63-70(61-85-72(77)55-47-39-33-25-28-36-44-52-66(6)7)90-73(78)56-48-40-31-23-15-13-11-10-12-14-19-26-34-42-50-64(2)3/h64-70,75H,9-63H2,1-8H3,(H,80,81)(H,82,83)/t67?,68?,69-,70-/m1/s1. The molecule has 0 radical (unpaired) electrons. The van der Waals surface area contributed by atoms with E-state index < -0.39 is 97.5 Å². The van der Waals surface area contributed by atoms with Crippen molar-refractivity contribution in [3.05, 3.63) is 0 Å². The molecule has 0 aliphatic heterocycles. The molecule has 552 valence electrons. The summed E-state index contributed by atoms with van der Waals surface area (Å²) in [5.41, 5.74) is 0. The molecule has 93 heavy (non-hydrogen) atoms. The van der Waals surface area contributed by atoms with Gasteiger partial charge in [0.15, 0.2) is 12.2 Å². The van der Waals surface area contributed by atoms with Crippen molar-refractivity contribution in [3.63, 3.8) is 0 Å². The molecule has 0 heterocycles. The van der Waals surface area contributed by atoms with Gasteiger partial charge in [-0.1, -0.05) is 319 Å². The molecule has 0 aliphatic carbocycles. The van der Waals surface area contributed by atoms with Crippen molar-refractivity contribution in [2.45, 2.75) is 388 Å². The van der Waals surface area contributed by atoms with Crippen LogP contribution in [0.15, 0.2) is 0 Å². The highest BCUT2D eigenvalue weighted by Gasteiger charge is 2.30. The Balaban J connectivity index is 5.24. The second-order valence-corrected chi connectivity index (χ2v) is 31.3. The van der Waals surface area contributed by atoms with Crippen LogP contribution >= 0.6 is 15.6 Å². The lowest BCUT2D eigenvalue weighted by Crippen LogP contribution is -2.30. The van der Waals surface area contributed by atoms with E-state index >= 15 is 0 Å². The molecule has 6 atom stereocenters. The smallest absolute Gasteiger partial charge is 0.462 e. The first-order valence-corrected chi connectivity index (χ1v) is 41.2. The number of phosphoric acid groups is 2. The van der Waals surface area contributed by atoms with Gasteiger partial charge in [-0.3, -0.25) is 37.3 Å². The van der Waals surface area contributed by atoms with Crippen LogP contribution in [0.3, 0.4) is 0 Å². The molecule has 0 rings (SSSR count). The third-order valence-corrected chi connectivity index (χ3v) is 19.3. The Kier molecular flexibility index (Phi) is 62.2. The summed E-state index contributed by atoms with van der Waals surface area (Å²) in [5.74, 6) is 0.922. The van der Waals surface area contributed by atoms with Gasteiger partial charge in [0.2, 0.25) is 0 Å². The van der Waals surface area contributed by atoms with Crippen LogP contribution in [0.1, 0.15) is 370 Å². The first-order valence-electron chi connectivity index (χ1n) is 38.2.